The van der Waals surface area contributed by atoms with Gasteiger partial charge in [-0.1, -0.05) is 0 Å². The van der Waals surface area contributed by atoms with Crippen LogP contribution in [-0.4, -0.2) is 34.7 Å². The molecule has 13 heavy (non-hydrogen) atoms. The average molecular weight is 183 g/mol. The van der Waals surface area contributed by atoms with Crippen LogP contribution in [0.3, 0.4) is 0 Å². The molecule has 2 nitrogen and oxygen atoms in total. The van der Waals surface area contributed by atoms with Gasteiger partial charge in [0.25, 0.3) is 0 Å². The highest BCUT2D eigenvalue weighted by molar-refractivity contribution is 5.08. The van der Waals surface area contributed by atoms with E-state index in [4.69, 9.17) is 4.74 Å². The third kappa shape index (κ3) is 1.50. The zero-order valence-corrected chi connectivity index (χ0v) is 9.37. The molecule has 0 N–H and O–H groups in total. The average Bonchev–Trinajstić information content (AvgIpc) is 2.58. The number of nitrogens with zero attached hydrogens (tertiary/aromatic N) is 1. The minimum atomic E-state index is 0.0615. The van der Waals surface area contributed by atoms with Crippen molar-refractivity contribution in [3.8, 4) is 0 Å². The van der Waals surface area contributed by atoms with E-state index >= 15 is 0 Å². The van der Waals surface area contributed by atoms with Gasteiger partial charge in [-0.05, 0) is 41.0 Å². The Morgan fingerprint density at radius 1 is 1.23 bits per heavy atom. The summed E-state index contributed by atoms with van der Waals surface area (Å²) in [4.78, 5) is 2.58. The molecule has 76 valence electrons. The highest BCUT2D eigenvalue weighted by Crippen LogP contribution is 2.41. The van der Waals surface area contributed by atoms with Gasteiger partial charge in [-0.15, -0.1) is 0 Å². The molecule has 0 aromatic rings. The second-order valence-electron chi connectivity index (χ2n) is 5.31. The predicted octanol–water partition coefficient (Wildman–Crippen LogP) is 2.04. The van der Waals surface area contributed by atoms with Gasteiger partial charge in [0, 0.05) is 12.1 Å². The maximum absolute atomic E-state index is 6.05. The molecule has 2 heterocycles. The monoisotopic (exact) mass is 183 g/mol. The maximum atomic E-state index is 6.05. The molecule has 0 aromatic heterocycles. The molecule has 0 saturated carbocycles. The summed E-state index contributed by atoms with van der Waals surface area (Å²) in [6.07, 6.45) is 1.55. The summed E-state index contributed by atoms with van der Waals surface area (Å²) in [6.45, 7) is 11.2. The van der Waals surface area contributed by atoms with Crippen LogP contribution in [0, 0.1) is 0 Å². The van der Waals surface area contributed by atoms with Crippen molar-refractivity contribution >= 4 is 0 Å². The third-order valence-corrected chi connectivity index (χ3v) is 3.50. The minimum Gasteiger partial charge on any atom is -0.371 e. The molecule has 5 atom stereocenters. The Bertz CT molecular complexity index is 194. The zero-order chi connectivity index (χ0) is 9.80. The molecule has 5 unspecified atom stereocenters. The summed E-state index contributed by atoms with van der Waals surface area (Å²) in [7, 11) is 0. The first kappa shape index (κ1) is 9.47. The Hall–Kier alpha value is -0.0800. The van der Waals surface area contributed by atoms with Gasteiger partial charge in [0.2, 0.25) is 0 Å². The van der Waals surface area contributed by atoms with E-state index in [-0.39, 0.29) is 5.60 Å². The normalized spacial score (nSPS) is 53.8. The highest BCUT2D eigenvalue weighted by Gasteiger charge is 2.54. The summed E-state index contributed by atoms with van der Waals surface area (Å²) in [5.41, 5.74) is 0.0615. The van der Waals surface area contributed by atoms with Gasteiger partial charge in [-0.25, -0.2) is 0 Å². The van der Waals surface area contributed by atoms with Crippen molar-refractivity contribution in [2.45, 2.75) is 70.9 Å². The first-order valence-electron chi connectivity index (χ1n) is 5.37. The standard InChI is InChI=1S/C11H21NO/c1-7-6-11(4,5)13-9(3)10-8(2)12(7)10/h7-10H,6H2,1-5H3. The molecular weight excluding hydrogens is 162 g/mol. The second kappa shape index (κ2) is 2.71. The molecule has 0 amide bonds. The molecule has 0 bridgehead atoms. The molecule has 2 heteroatoms. The molecule has 2 saturated heterocycles. The topological polar surface area (TPSA) is 12.2 Å². The Labute approximate surface area is 81.3 Å². The number of hydrogen-bond donors (Lipinski definition) is 0. The number of fused-ring (bicyclic) bond motifs is 1. The van der Waals surface area contributed by atoms with E-state index in [1.165, 1.54) is 0 Å². The van der Waals surface area contributed by atoms with Crippen LogP contribution in [0.2, 0.25) is 0 Å². The Morgan fingerprint density at radius 3 is 2.46 bits per heavy atom. The molecule has 0 aliphatic carbocycles. The van der Waals surface area contributed by atoms with Gasteiger partial charge >= 0.3 is 0 Å². The summed E-state index contributed by atoms with van der Waals surface area (Å²) in [5.74, 6) is 0. The Kier molecular flexibility index (Phi) is 1.97. The van der Waals surface area contributed by atoms with Crippen molar-refractivity contribution in [2.75, 3.05) is 0 Å². The van der Waals surface area contributed by atoms with Gasteiger partial charge in [-0.3, -0.25) is 4.90 Å². The van der Waals surface area contributed by atoms with Crippen LogP contribution in [-0.2, 0) is 4.74 Å². The summed E-state index contributed by atoms with van der Waals surface area (Å²) in [5, 5.41) is 0. The molecule has 0 radical (unpaired) electrons. The zero-order valence-electron chi connectivity index (χ0n) is 9.37. The van der Waals surface area contributed by atoms with Gasteiger partial charge in [0.15, 0.2) is 0 Å². The van der Waals surface area contributed by atoms with Crippen molar-refractivity contribution < 1.29 is 4.74 Å². The largest absolute Gasteiger partial charge is 0.371 e. The van der Waals surface area contributed by atoms with Crippen molar-refractivity contribution in [1.29, 1.82) is 0 Å². The van der Waals surface area contributed by atoms with Crippen LogP contribution >= 0.6 is 0 Å². The van der Waals surface area contributed by atoms with Crippen LogP contribution in [0.4, 0.5) is 0 Å². The van der Waals surface area contributed by atoms with E-state index < -0.39 is 0 Å². The van der Waals surface area contributed by atoms with Gasteiger partial charge in [0.05, 0.1) is 17.7 Å². The lowest BCUT2D eigenvalue weighted by molar-refractivity contribution is -0.0624. The summed E-state index contributed by atoms with van der Waals surface area (Å²) in [6, 6.07) is 2.10. The molecule has 2 aliphatic heterocycles. The van der Waals surface area contributed by atoms with E-state index in [2.05, 4.69) is 39.5 Å². The van der Waals surface area contributed by atoms with E-state index in [0.717, 1.165) is 12.5 Å². The molecule has 2 fully saturated rings. The Balaban J connectivity index is 2.14. The number of ether oxygens (including phenoxy) is 1. The highest BCUT2D eigenvalue weighted by atomic mass is 16.5. The third-order valence-electron chi connectivity index (χ3n) is 3.50. The van der Waals surface area contributed by atoms with Crippen LogP contribution in [0.1, 0.15) is 41.0 Å². The molecule has 0 spiro atoms. The Morgan fingerprint density at radius 2 is 1.85 bits per heavy atom. The second-order valence-corrected chi connectivity index (χ2v) is 5.31. The van der Waals surface area contributed by atoms with Crippen LogP contribution in [0.5, 0.6) is 0 Å². The SMILES string of the molecule is CC1OC(C)(C)CC(C)N2C(C)C12. The first-order valence-corrected chi connectivity index (χ1v) is 5.37. The first-order chi connectivity index (χ1) is 5.92. The quantitative estimate of drug-likeness (QED) is 0.533. The fourth-order valence-corrected chi connectivity index (χ4v) is 3.16. The van der Waals surface area contributed by atoms with Crippen LogP contribution in [0.25, 0.3) is 0 Å². The molecule has 2 aliphatic rings. The number of hydrogen-bond acceptors (Lipinski definition) is 2. The molecular formula is C11H21NO. The summed E-state index contributed by atoms with van der Waals surface area (Å²) < 4.78 is 6.05. The van der Waals surface area contributed by atoms with E-state index in [1.807, 2.05) is 0 Å². The van der Waals surface area contributed by atoms with Crippen molar-refractivity contribution in [1.82, 2.24) is 4.90 Å². The smallest absolute Gasteiger partial charge is 0.0724 e. The molecule has 2 rings (SSSR count). The lowest BCUT2D eigenvalue weighted by Gasteiger charge is -2.29. The summed E-state index contributed by atoms with van der Waals surface area (Å²) >= 11 is 0. The fraction of sp³-hybridized carbons (Fsp3) is 1.00. The van der Waals surface area contributed by atoms with E-state index in [1.54, 1.807) is 0 Å². The van der Waals surface area contributed by atoms with Crippen LogP contribution in [0.15, 0.2) is 0 Å². The van der Waals surface area contributed by atoms with Crippen molar-refractivity contribution in [3.63, 3.8) is 0 Å². The molecule has 0 aromatic carbocycles. The van der Waals surface area contributed by atoms with Crippen LogP contribution < -0.4 is 0 Å². The minimum absolute atomic E-state index is 0.0615. The lowest BCUT2D eigenvalue weighted by Crippen LogP contribution is -2.33. The predicted molar refractivity (Wildman–Crippen MR) is 53.8 cm³/mol. The van der Waals surface area contributed by atoms with E-state index in [0.29, 0.717) is 18.2 Å². The number of rotatable bonds is 0. The van der Waals surface area contributed by atoms with E-state index in [9.17, 15) is 0 Å². The van der Waals surface area contributed by atoms with Crippen molar-refractivity contribution in [3.05, 3.63) is 0 Å². The van der Waals surface area contributed by atoms with Gasteiger partial charge in [0.1, 0.15) is 0 Å². The van der Waals surface area contributed by atoms with Gasteiger partial charge < -0.3 is 4.74 Å². The van der Waals surface area contributed by atoms with Crippen molar-refractivity contribution in [2.24, 2.45) is 0 Å². The fourth-order valence-electron chi connectivity index (χ4n) is 3.16. The maximum Gasteiger partial charge on any atom is 0.0724 e. The lowest BCUT2D eigenvalue weighted by atomic mass is 10.00. The van der Waals surface area contributed by atoms with Gasteiger partial charge in [-0.2, -0.15) is 0 Å².